The van der Waals surface area contributed by atoms with E-state index in [0.717, 1.165) is 45.7 Å². The van der Waals surface area contributed by atoms with E-state index in [1.54, 1.807) is 11.3 Å². The van der Waals surface area contributed by atoms with Crippen LogP contribution in [0.25, 0.3) is 32.2 Å². The Morgan fingerprint density at radius 2 is 1.95 bits per heavy atom. The van der Waals surface area contributed by atoms with Gasteiger partial charge in [0.25, 0.3) is 0 Å². The summed E-state index contributed by atoms with van der Waals surface area (Å²) in [7, 11) is 0. The molecular formula is C28H27N5OS3. The Morgan fingerprint density at radius 1 is 1.11 bits per heavy atom. The van der Waals surface area contributed by atoms with Crippen molar-refractivity contribution in [2.75, 3.05) is 11.1 Å². The van der Waals surface area contributed by atoms with Crippen LogP contribution in [0.1, 0.15) is 35.8 Å². The van der Waals surface area contributed by atoms with Crippen LogP contribution in [0.15, 0.2) is 53.0 Å². The number of thiazole rings is 1. The highest BCUT2D eigenvalue weighted by Gasteiger charge is 2.22. The molecule has 0 aliphatic heterocycles. The Morgan fingerprint density at radius 3 is 2.78 bits per heavy atom. The fraction of sp³-hybridized carbons (Fsp3) is 0.286. The van der Waals surface area contributed by atoms with Crippen molar-refractivity contribution in [2.45, 2.75) is 51.2 Å². The largest absolute Gasteiger partial charge is 0.325 e. The van der Waals surface area contributed by atoms with Crippen molar-refractivity contribution in [1.82, 2.24) is 19.7 Å². The van der Waals surface area contributed by atoms with Gasteiger partial charge in [0.2, 0.25) is 5.91 Å². The lowest BCUT2D eigenvalue weighted by Gasteiger charge is -2.13. The zero-order valence-electron chi connectivity index (χ0n) is 20.8. The van der Waals surface area contributed by atoms with Crippen molar-refractivity contribution in [3.05, 3.63) is 63.8 Å². The van der Waals surface area contributed by atoms with E-state index in [1.807, 2.05) is 35.6 Å². The summed E-state index contributed by atoms with van der Waals surface area (Å²) in [6.45, 7) is 4.96. The monoisotopic (exact) mass is 545 g/mol. The summed E-state index contributed by atoms with van der Waals surface area (Å²) in [5.74, 6) is 1.14. The van der Waals surface area contributed by atoms with Crippen LogP contribution in [0.5, 0.6) is 0 Å². The first kappa shape index (κ1) is 24.3. The highest BCUT2D eigenvalue weighted by molar-refractivity contribution is 7.99. The number of fused-ring (bicyclic) bond motifs is 2. The zero-order chi connectivity index (χ0) is 25.4. The third kappa shape index (κ3) is 4.95. The molecule has 2 aromatic carbocycles. The van der Waals surface area contributed by atoms with E-state index in [1.165, 1.54) is 57.3 Å². The number of anilines is 1. The van der Waals surface area contributed by atoms with Gasteiger partial charge in [-0.05, 0) is 87.1 Å². The van der Waals surface area contributed by atoms with Gasteiger partial charge in [0, 0.05) is 33.6 Å². The molecule has 3 aromatic heterocycles. The molecule has 3 heterocycles. The predicted molar refractivity (Wildman–Crippen MR) is 155 cm³/mol. The van der Waals surface area contributed by atoms with Crippen LogP contribution in [0.4, 0.5) is 5.69 Å². The molecule has 37 heavy (non-hydrogen) atoms. The van der Waals surface area contributed by atoms with Gasteiger partial charge < -0.3 is 9.88 Å². The molecule has 1 amide bonds. The van der Waals surface area contributed by atoms with E-state index >= 15 is 0 Å². The Hall–Kier alpha value is -3.01. The second-order valence-corrected chi connectivity index (χ2v) is 12.2. The molecule has 0 unspecified atom stereocenters. The molecule has 0 saturated carbocycles. The molecule has 188 valence electrons. The van der Waals surface area contributed by atoms with Crippen LogP contribution in [-0.2, 0) is 24.2 Å². The molecule has 6 nitrogen and oxygen atoms in total. The first-order valence-corrected chi connectivity index (χ1v) is 15.2. The molecule has 0 atom stereocenters. The van der Waals surface area contributed by atoms with E-state index in [-0.39, 0.29) is 11.7 Å². The van der Waals surface area contributed by atoms with E-state index in [0.29, 0.717) is 0 Å². The maximum atomic E-state index is 12.7. The number of hydrogen-bond donors (Lipinski definition) is 1. The maximum absolute atomic E-state index is 12.7. The molecule has 0 saturated heterocycles. The topological polar surface area (TPSA) is 72.7 Å². The molecule has 6 rings (SSSR count). The third-order valence-electron chi connectivity index (χ3n) is 6.63. The molecular weight excluding hydrogens is 519 g/mol. The van der Waals surface area contributed by atoms with Gasteiger partial charge in [0.05, 0.1) is 16.0 Å². The summed E-state index contributed by atoms with van der Waals surface area (Å²) >= 11 is 4.96. The quantitative estimate of drug-likeness (QED) is 0.219. The van der Waals surface area contributed by atoms with Gasteiger partial charge in [-0.1, -0.05) is 17.8 Å². The molecule has 1 aliphatic rings. The Bertz CT molecular complexity index is 1580. The molecule has 0 radical (unpaired) electrons. The molecule has 0 spiro atoms. The second-order valence-electron chi connectivity index (χ2n) is 9.21. The van der Waals surface area contributed by atoms with E-state index < -0.39 is 0 Å². The highest BCUT2D eigenvalue weighted by Crippen LogP contribution is 2.37. The van der Waals surface area contributed by atoms with Crippen LogP contribution in [-0.4, -0.2) is 31.4 Å². The molecule has 0 fully saturated rings. The van der Waals surface area contributed by atoms with Gasteiger partial charge >= 0.3 is 0 Å². The number of rotatable bonds is 7. The Balaban J connectivity index is 1.11. The minimum absolute atomic E-state index is 0.0617. The number of thioether (sulfide) groups is 1. The predicted octanol–water partition coefficient (Wildman–Crippen LogP) is 7.22. The van der Waals surface area contributed by atoms with Gasteiger partial charge in [-0.15, -0.1) is 32.9 Å². The van der Waals surface area contributed by atoms with Gasteiger partial charge in [-0.2, -0.15) is 0 Å². The van der Waals surface area contributed by atoms with Crippen molar-refractivity contribution in [3.8, 4) is 22.0 Å². The number of carbonyl (C=O) groups is 1. The Labute approximate surface area is 228 Å². The highest BCUT2D eigenvalue weighted by atomic mass is 32.2. The van der Waals surface area contributed by atoms with Crippen molar-refractivity contribution in [3.63, 3.8) is 0 Å². The number of aryl methyl sites for hydroxylation is 2. The molecule has 9 heteroatoms. The molecule has 0 bridgehead atoms. The fourth-order valence-corrected chi connectivity index (χ4v) is 7.74. The maximum Gasteiger partial charge on any atom is 0.234 e. The van der Waals surface area contributed by atoms with Crippen LogP contribution >= 0.6 is 34.4 Å². The number of nitrogens with one attached hydrogen (secondary N) is 1. The average molecular weight is 546 g/mol. The standard InChI is InChI=1S/C28H27N5OS3/c1-3-33-26(21-15-35-23-7-5-4-6-20(21)23)31-32-28(33)36-16-25(34)29-19-11-9-18(10-12-19)27-30-22-13-8-17(2)14-24(22)37-27/h8-15H,3-7,16H2,1-2H3,(H,29,34). The number of hydrogen-bond acceptors (Lipinski definition) is 7. The minimum Gasteiger partial charge on any atom is -0.325 e. The zero-order valence-corrected chi connectivity index (χ0v) is 23.2. The average Bonchev–Trinajstić information content (AvgIpc) is 3.63. The number of nitrogens with zero attached hydrogens (tertiary/aromatic N) is 4. The van der Waals surface area contributed by atoms with Crippen molar-refractivity contribution in [1.29, 1.82) is 0 Å². The van der Waals surface area contributed by atoms with Gasteiger partial charge in [0.1, 0.15) is 5.01 Å². The summed E-state index contributed by atoms with van der Waals surface area (Å²) in [5.41, 5.74) is 6.73. The summed E-state index contributed by atoms with van der Waals surface area (Å²) < 4.78 is 3.31. The van der Waals surface area contributed by atoms with Crippen molar-refractivity contribution < 1.29 is 4.79 Å². The SMILES string of the molecule is CCn1c(SCC(=O)Nc2ccc(-c3nc4ccc(C)cc4s3)cc2)nnc1-c1csc2c1CCCC2. The van der Waals surface area contributed by atoms with Crippen LogP contribution in [0.2, 0.25) is 0 Å². The summed E-state index contributed by atoms with van der Waals surface area (Å²) in [4.78, 5) is 19.0. The molecule has 5 aromatic rings. The number of thiophene rings is 1. The van der Waals surface area contributed by atoms with Gasteiger partial charge in [-0.25, -0.2) is 4.98 Å². The van der Waals surface area contributed by atoms with Crippen molar-refractivity contribution in [2.24, 2.45) is 0 Å². The van der Waals surface area contributed by atoms with Gasteiger partial charge in [0.15, 0.2) is 11.0 Å². The van der Waals surface area contributed by atoms with Crippen LogP contribution < -0.4 is 5.32 Å². The number of amides is 1. The first-order valence-electron chi connectivity index (χ1n) is 12.5. The molecule has 1 N–H and O–H groups in total. The number of carbonyl (C=O) groups excluding carboxylic acids is 1. The summed E-state index contributed by atoms with van der Waals surface area (Å²) in [5, 5.41) is 16.0. The van der Waals surface area contributed by atoms with E-state index in [4.69, 9.17) is 4.98 Å². The second kappa shape index (κ2) is 10.4. The van der Waals surface area contributed by atoms with Crippen molar-refractivity contribution >= 4 is 56.2 Å². The lowest BCUT2D eigenvalue weighted by molar-refractivity contribution is -0.113. The fourth-order valence-electron chi connectivity index (χ4n) is 4.74. The van der Waals surface area contributed by atoms with E-state index in [9.17, 15) is 4.79 Å². The lowest BCUT2D eigenvalue weighted by atomic mass is 9.96. The third-order valence-corrected chi connectivity index (χ3v) is 9.75. The minimum atomic E-state index is -0.0617. The summed E-state index contributed by atoms with van der Waals surface area (Å²) in [6, 6.07) is 14.2. The normalized spacial score (nSPS) is 13.1. The molecule has 1 aliphatic carbocycles. The summed E-state index contributed by atoms with van der Waals surface area (Å²) in [6.07, 6.45) is 4.80. The number of aromatic nitrogens is 4. The van der Waals surface area contributed by atoms with Crippen LogP contribution in [0.3, 0.4) is 0 Å². The van der Waals surface area contributed by atoms with Gasteiger partial charge in [-0.3, -0.25) is 4.79 Å². The smallest absolute Gasteiger partial charge is 0.234 e. The first-order chi connectivity index (χ1) is 18.1. The van der Waals surface area contributed by atoms with E-state index in [2.05, 4.69) is 57.5 Å². The number of benzene rings is 2. The van der Waals surface area contributed by atoms with Crippen LogP contribution in [0, 0.1) is 6.92 Å². The lowest BCUT2D eigenvalue weighted by Crippen LogP contribution is -2.14. The Kier molecular flexibility index (Phi) is 6.84.